The summed E-state index contributed by atoms with van der Waals surface area (Å²) in [5.41, 5.74) is 4.92. The average Bonchev–Trinajstić information content (AvgIpc) is 2.81. The number of ether oxygens (including phenoxy) is 1. The van der Waals surface area contributed by atoms with E-state index in [0.29, 0.717) is 12.1 Å². The van der Waals surface area contributed by atoms with Crippen molar-refractivity contribution in [2.75, 3.05) is 13.1 Å². The van der Waals surface area contributed by atoms with Gasteiger partial charge in [0.25, 0.3) is 0 Å². The molecule has 1 aliphatic heterocycles. The van der Waals surface area contributed by atoms with Gasteiger partial charge in [0.05, 0.1) is 6.54 Å². The van der Waals surface area contributed by atoms with Gasteiger partial charge in [-0.3, -0.25) is 0 Å². The molecule has 0 saturated carbocycles. The highest BCUT2D eigenvalue weighted by molar-refractivity contribution is 5.69. The van der Waals surface area contributed by atoms with E-state index >= 15 is 4.39 Å². The van der Waals surface area contributed by atoms with E-state index < -0.39 is 17.4 Å². The summed E-state index contributed by atoms with van der Waals surface area (Å²) in [5, 5.41) is 0. The Balaban J connectivity index is 2.15. The number of hydrogen-bond acceptors (Lipinski definition) is 3. The zero-order chi connectivity index (χ0) is 15.7. The zero-order valence-corrected chi connectivity index (χ0v) is 12.9. The van der Waals surface area contributed by atoms with Gasteiger partial charge in [-0.05, 0) is 31.9 Å². The van der Waals surface area contributed by atoms with Crippen LogP contribution in [0.4, 0.5) is 9.18 Å². The van der Waals surface area contributed by atoms with Crippen LogP contribution in [0.1, 0.15) is 38.3 Å². The molecule has 0 aliphatic carbocycles. The first-order valence-corrected chi connectivity index (χ1v) is 7.20. The average molecular weight is 294 g/mol. The van der Waals surface area contributed by atoms with Gasteiger partial charge in [0.1, 0.15) is 5.60 Å². The lowest BCUT2D eigenvalue weighted by atomic mass is 9.90. The van der Waals surface area contributed by atoms with Crippen LogP contribution in [0.25, 0.3) is 0 Å². The Hall–Kier alpha value is -1.62. The van der Waals surface area contributed by atoms with Crippen LogP contribution in [0.5, 0.6) is 0 Å². The second-order valence-electron chi connectivity index (χ2n) is 6.48. The first-order valence-electron chi connectivity index (χ1n) is 7.20. The van der Waals surface area contributed by atoms with Gasteiger partial charge in [-0.15, -0.1) is 0 Å². The molecule has 1 amide bonds. The van der Waals surface area contributed by atoms with E-state index in [-0.39, 0.29) is 19.5 Å². The fraction of sp³-hybridized carbons (Fsp3) is 0.562. The monoisotopic (exact) mass is 294 g/mol. The van der Waals surface area contributed by atoms with Gasteiger partial charge < -0.3 is 15.4 Å². The molecule has 0 aromatic heterocycles. The number of benzene rings is 1. The topological polar surface area (TPSA) is 55.6 Å². The van der Waals surface area contributed by atoms with Gasteiger partial charge in [-0.1, -0.05) is 24.3 Å². The number of carbonyl (C=O) groups excluding carboxylic acids is 1. The summed E-state index contributed by atoms with van der Waals surface area (Å²) in [6.07, 6.45) is -0.198. The third kappa shape index (κ3) is 3.53. The smallest absolute Gasteiger partial charge is 0.410 e. The standard InChI is InChI=1S/C16H23FN2O2/c1-15(2,3)21-14(20)19-9-8-16(17,11-19)13-7-5-4-6-12(13)10-18/h4-7H,8-11,18H2,1-3H3. The summed E-state index contributed by atoms with van der Waals surface area (Å²) in [5.74, 6) is 0. The molecule has 116 valence electrons. The van der Waals surface area contributed by atoms with Crippen molar-refractivity contribution < 1.29 is 13.9 Å². The van der Waals surface area contributed by atoms with Gasteiger partial charge in [0.2, 0.25) is 0 Å². The maximum atomic E-state index is 15.2. The van der Waals surface area contributed by atoms with E-state index in [1.807, 2.05) is 12.1 Å². The number of hydrogen-bond donors (Lipinski definition) is 1. The van der Waals surface area contributed by atoms with Crippen LogP contribution in [0.2, 0.25) is 0 Å². The quantitative estimate of drug-likeness (QED) is 0.912. The molecule has 1 aromatic rings. The van der Waals surface area contributed by atoms with E-state index in [1.54, 1.807) is 32.9 Å². The highest BCUT2D eigenvalue weighted by Gasteiger charge is 2.43. The van der Waals surface area contributed by atoms with E-state index in [0.717, 1.165) is 5.56 Å². The predicted octanol–water partition coefficient (Wildman–Crippen LogP) is 2.95. The maximum Gasteiger partial charge on any atom is 0.410 e. The number of amides is 1. The molecule has 1 atom stereocenters. The molecule has 4 nitrogen and oxygen atoms in total. The number of carbonyl (C=O) groups is 1. The second kappa shape index (κ2) is 5.64. The summed E-state index contributed by atoms with van der Waals surface area (Å²) >= 11 is 0. The predicted molar refractivity (Wildman–Crippen MR) is 79.5 cm³/mol. The van der Waals surface area contributed by atoms with Gasteiger partial charge in [-0.2, -0.15) is 0 Å². The van der Waals surface area contributed by atoms with Crippen molar-refractivity contribution in [3.05, 3.63) is 35.4 Å². The summed E-state index contributed by atoms with van der Waals surface area (Å²) in [4.78, 5) is 13.5. The minimum atomic E-state index is -1.55. The molecule has 1 fully saturated rings. The second-order valence-corrected chi connectivity index (χ2v) is 6.48. The Labute approximate surface area is 125 Å². The minimum Gasteiger partial charge on any atom is -0.444 e. The van der Waals surface area contributed by atoms with E-state index in [9.17, 15) is 4.79 Å². The fourth-order valence-electron chi connectivity index (χ4n) is 2.61. The number of rotatable bonds is 2. The Morgan fingerprint density at radius 3 is 2.71 bits per heavy atom. The number of nitrogens with zero attached hydrogens (tertiary/aromatic N) is 1. The van der Waals surface area contributed by atoms with Gasteiger partial charge in [0, 0.05) is 19.5 Å². The van der Waals surface area contributed by atoms with Crippen LogP contribution in [-0.2, 0) is 17.0 Å². The van der Waals surface area contributed by atoms with Crippen LogP contribution >= 0.6 is 0 Å². The highest BCUT2D eigenvalue weighted by atomic mass is 19.1. The van der Waals surface area contributed by atoms with Crippen molar-refractivity contribution in [2.24, 2.45) is 5.73 Å². The lowest BCUT2D eigenvalue weighted by Gasteiger charge is -2.26. The van der Waals surface area contributed by atoms with Crippen LogP contribution < -0.4 is 5.73 Å². The Kier molecular flexibility index (Phi) is 4.23. The van der Waals surface area contributed by atoms with Crippen molar-refractivity contribution in [3.63, 3.8) is 0 Å². The van der Waals surface area contributed by atoms with Gasteiger partial charge >= 0.3 is 6.09 Å². The summed E-state index contributed by atoms with van der Waals surface area (Å²) in [6, 6.07) is 7.22. The molecule has 1 aliphatic rings. The number of likely N-dealkylation sites (tertiary alicyclic amines) is 1. The maximum absolute atomic E-state index is 15.2. The Bertz CT molecular complexity index is 527. The van der Waals surface area contributed by atoms with Crippen LogP contribution in [0.15, 0.2) is 24.3 Å². The molecule has 1 heterocycles. The molecule has 1 aromatic carbocycles. The van der Waals surface area contributed by atoms with E-state index in [4.69, 9.17) is 10.5 Å². The summed E-state index contributed by atoms with van der Waals surface area (Å²) in [7, 11) is 0. The van der Waals surface area contributed by atoms with Crippen LogP contribution in [0, 0.1) is 0 Å². The zero-order valence-electron chi connectivity index (χ0n) is 12.9. The molecule has 21 heavy (non-hydrogen) atoms. The molecule has 0 radical (unpaired) electrons. The van der Waals surface area contributed by atoms with Crippen molar-refractivity contribution in [3.8, 4) is 0 Å². The first-order chi connectivity index (χ1) is 9.75. The van der Waals surface area contributed by atoms with Crippen molar-refractivity contribution in [1.82, 2.24) is 4.90 Å². The summed E-state index contributed by atoms with van der Waals surface area (Å²) in [6.45, 7) is 6.05. The number of halogens is 1. The Morgan fingerprint density at radius 2 is 2.10 bits per heavy atom. The van der Waals surface area contributed by atoms with Crippen LogP contribution in [-0.4, -0.2) is 29.7 Å². The SMILES string of the molecule is CC(C)(C)OC(=O)N1CCC(F)(c2ccccc2CN)C1. The van der Waals surface area contributed by atoms with Crippen molar-refractivity contribution in [1.29, 1.82) is 0 Å². The normalized spacial score (nSPS) is 22.4. The third-order valence-electron chi connectivity index (χ3n) is 3.59. The molecule has 1 unspecified atom stereocenters. The van der Waals surface area contributed by atoms with Gasteiger partial charge in [0.15, 0.2) is 5.67 Å². The molecular formula is C16H23FN2O2. The number of alkyl halides is 1. The lowest BCUT2D eigenvalue weighted by molar-refractivity contribution is 0.0256. The van der Waals surface area contributed by atoms with Crippen molar-refractivity contribution >= 4 is 6.09 Å². The van der Waals surface area contributed by atoms with Crippen LogP contribution in [0.3, 0.4) is 0 Å². The molecule has 0 spiro atoms. The van der Waals surface area contributed by atoms with E-state index in [1.165, 1.54) is 4.90 Å². The fourth-order valence-corrected chi connectivity index (χ4v) is 2.61. The number of nitrogens with two attached hydrogens (primary N) is 1. The molecule has 2 rings (SSSR count). The molecule has 2 N–H and O–H groups in total. The highest BCUT2D eigenvalue weighted by Crippen LogP contribution is 2.38. The van der Waals surface area contributed by atoms with E-state index in [2.05, 4.69) is 0 Å². The third-order valence-corrected chi connectivity index (χ3v) is 3.59. The minimum absolute atomic E-state index is 0.0128. The van der Waals surface area contributed by atoms with Gasteiger partial charge in [-0.25, -0.2) is 9.18 Å². The molecule has 0 bridgehead atoms. The molecular weight excluding hydrogens is 271 g/mol. The first kappa shape index (κ1) is 15.8. The lowest BCUT2D eigenvalue weighted by Crippen LogP contribution is -2.37. The van der Waals surface area contributed by atoms with Crippen molar-refractivity contribution in [2.45, 2.75) is 45.0 Å². The Morgan fingerprint density at radius 1 is 1.43 bits per heavy atom. The molecule has 1 saturated heterocycles. The molecule has 5 heteroatoms. The summed E-state index contributed by atoms with van der Waals surface area (Å²) < 4.78 is 20.5. The largest absolute Gasteiger partial charge is 0.444 e.